The van der Waals surface area contributed by atoms with Gasteiger partial charge in [0.15, 0.2) is 0 Å². The van der Waals surface area contributed by atoms with Crippen LogP contribution < -0.4 is 5.32 Å². The highest BCUT2D eigenvalue weighted by Gasteiger charge is 2.08. The average Bonchev–Trinajstić information content (AvgIpc) is 2.18. The first-order chi connectivity index (χ1) is 6.65. The lowest BCUT2D eigenvalue weighted by molar-refractivity contribution is 0.0955. The molecule has 0 aliphatic rings. The van der Waals surface area contributed by atoms with Gasteiger partial charge in [0.1, 0.15) is 5.75 Å². The molecule has 1 aromatic rings. The first kappa shape index (κ1) is 11.3. The maximum Gasteiger partial charge on any atom is 0.251 e. The van der Waals surface area contributed by atoms with Crippen LogP contribution in [0.4, 0.5) is 0 Å². The Morgan fingerprint density at radius 1 is 1.57 bits per heavy atom. The van der Waals surface area contributed by atoms with E-state index in [-0.39, 0.29) is 11.7 Å². The van der Waals surface area contributed by atoms with Crippen molar-refractivity contribution >= 4 is 28.5 Å². The molecule has 0 aliphatic heterocycles. The van der Waals surface area contributed by atoms with E-state index in [0.29, 0.717) is 12.1 Å². The van der Waals surface area contributed by atoms with Crippen molar-refractivity contribution in [3.63, 3.8) is 0 Å². The summed E-state index contributed by atoms with van der Waals surface area (Å²) in [5, 5.41) is 12.0. The second-order valence-corrected chi connectivity index (χ2v) is 4.02. The molecule has 1 rings (SSSR count). The summed E-state index contributed by atoms with van der Waals surface area (Å²) in [5.41, 5.74) is 1.41. The molecule has 76 valence electrons. The number of benzene rings is 1. The van der Waals surface area contributed by atoms with Gasteiger partial charge in [-0.3, -0.25) is 4.79 Å². The Kier molecular flexibility index (Phi) is 4.19. The molecule has 1 amide bonds. The van der Waals surface area contributed by atoms with Gasteiger partial charge in [-0.2, -0.15) is 0 Å². The van der Waals surface area contributed by atoms with Gasteiger partial charge in [-0.1, -0.05) is 28.7 Å². The van der Waals surface area contributed by atoms with Gasteiger partial charge in [-0.05, 0) is 24.6 Å². The predicted molar refractivity (Wildman–Crippen MR) is 64.1 cm³/mol. The third kappa shape index (κ3) is 2.87. The van der Waals surface area contributed by atoms with Gasteiger partial charge in [0, 0.05) is 16.5 Å². The highest BCUT2D eigenvalue weighted by Crippen LogP contribution is 2.15. The van der Waals surface area contributed by atoms with Crippen molar-refractivity contribution in [1.29, 1.82) is 0 Å². The van der Waals surface area contributed by atoms with Gasteiger partial charge >= 0.3 is 0 Å². The zero-order valence-corrected chi connectivity index (χ0v) is 10.0. The molecule has 1 aromatic carbocycles. The Balaban J connectivity index is 2.83. The number of nitrogens with one attached hydrogen (secondary N) is 1. The van der Waals surface area contributed by atoms with Crippen molar-refractivity contribution in [2.24, 2.45) is 0 Å². The normalized spacial score (nSPS) is 9.86. The van der Waals surface area contributed by atoms with Crippen molar-refractivity contribution in [2.75, 3.05) is 11.0 Å². The highest BCUT2D eigenvalue weighted by molar-refractivity contribution is 14.1. The molecule has 0 radical (unpaired) electrons. The summed E-state index contributed by atoms with van der Waals surface area (Å²) < 4.78 is 0.876. The van der Waals surface area contributed by atoms with Crippen molar-refractivity contribution < 1.29 is 9.90 Å². The fourth-order valence-electron chi connectivity index (χ4n) is 1.11. The first-order valence-electron chi connectivity index (χ1n) is 4.29. The molecule has 0 fully saturated rings. The molecule has 0 aliphatic carbocycles. The lowest BCUT2D eigenvalue weighted by atomic mass is 10.1. The Morgan fingerprint density at radius 2 is 2.29 bits per heavy atom. The second kappa shape index (κ2) is 5.19. The van der Waals surface area contributed by atoms with Crippen LogP contribution in [0.2, 0.25) is 0 Å². The maximum atomic E-state index is 11.6. The minimum Gasteiger partial charge on any atom is -0.508 e. The summed E-state index contributed by atoms with van der Waals surface area (Å²) in [6.45, 7) is 2.49. The number of amides is 1. The molecule has 0 saturated carbocycles. The van der Waals surface area contributed by atoms with Gasteiger partial charge in [0.25, 0.3) is 5.91 Å². The smallest absolute Gasteiger partial charge is 0.251 e. The minimum atomic E-state index is -0.130. The van der Waals surface area contributed by atoms with Crippen molar-refractivity contribution in [1.82, 2.24) is 5.32 Å². The van der Waals surface area contributed by atoms with E-state index < -0.39 is 0 Å². The van der Waals surface area contributed by atoms with Gasteiger partial charge in [-0.15, -0.1) is 0 Å². The minimum absolute atomic E-state index is 0.121. The first-order valence-corrected chi connectivity index (χ1v) is 5.81. The van der Waals surface area contributed by atoms with Crippen molar-refractivity contribution in [3.05, 3.63) is 29.3 Å². The van der Waals surface area contributed by atoms with Crippen molar-refractivity contribution in [3.8, 4) is 5.75 Å². The van der Waals surface area contributed by atoms with E-state index >= 15 is 0 Å². The van der Waals surface area contributed by atoms with E-state index in [9.17, 15) is 9.90 Å². The van der Waals surface area contributed by atoms with Crippen LogP contribution in [0, 0.1) is 6.92 Å². The Hall–Kier alpha value is -0.780. The molecule has 0 bridgehead atoms. The molecule has 0 atom stereocenters. The molecule has 0 spiro atoms. The third-order valence-corrected chi connectivity index (χ3v) is 2.39. The largest absolute Gasteiger partial charge is 0.508 e. The molecule has 2 N–H and O–H groups in total. The summed E-state index contributed by atoms with van der Waals surface area (Å²) in [6.07, 6.45) is 0. The molecule has 0 unspecified atom stereocenters. The summed E-state index contributed by atoms with van der Waals surface area (Å²) >= 11 is 2.19. The molecule has 3 nitrogen and oxygen atoms in total. The van der Waals surface area contributed by atoms with Crippen LogP contribution in [-0.2, 0) is 0 Å². The van der Waals surface area contributed by atoms with Gasteiger partial charge in [0.2, 0.25) is 0 Å². The van der Waals surface area contributed by atoms with E-state index in [1.165, 1.54) is 6.07 Å². The van der Waals surface area contributed by atoms with Crippen LogP contribution >= 0.6 is 22.6 Å². The van der Waals surface area contributed by atoms with Crippen LogP contribution in [0.5, 0.6) is 5.75 Å². The average molecular weight is 305 g/mol. The van der Waals surface area contributed by atoms with Gasteiger partial charge in [-0.25, -0.2) is 0 Å². The van der Waals surface area contributed by atoms with Crippen LogP contribution in [0.1, 0.15) is 15.9 Å². The van der Waals surface area contributed by atoms with Crippen LogP contribution in [-0.4, -0.2) is 22.0 Å². The van der Waals surface area contributed by atoms with E-state index in [4.69, 9.17) is 0 Å². The number of carbonyl (C=O) groups excluding carboxylic acids is 1. The number of aromatic hydroxyl groups is 1. The van der Waals surface area contributed by atoms with Crippen LogP contribution in [0.15, 0.2) is 18.2 Å². The van der Waals surface area contributed by atoms with Gasteiger partial charge < -0.3 is 10.4 Å². The lowest BCUT2D eigenvalue weighted by Gasteiger charge is -2.06. The standard InChI is InChI=1S/C10H12INO2/c1-7-2-3-8(13)6-9(7)10(14)12-5-4-11/h2-3,6,13H,4-5H2,1H3,(H,12,14). The zero-order valence-electron chi connectivity index (χ0n) is 7.88. The molecule has 0 aromatic heterocycles. The number of phenolic OH excluding ortho intramolecular Hbond substituents is 1. The summed E-state index contributed by atoms with van der Waals surface area (Å²) in [6, 6.07) is 4.79. The molecular weight excluding hydrogens is 293 g/mol. The summed E-state index contributed by atoms with van der Waals surface area (Å²) in [4.78, 5) is 11.6. The Labute approximate surface area is 96.7 Å². The van der Waals surface area contributed by atoms with E-state index in [0.717, 1.165) is 9.99 Å². The maximum absolute atomic E-state index is 11.6. The van der Waals surface area contributed by atoms with E-state index in [1.807, 2.05) is 6.92 Å². The molecule has 0 saturated heterocycles. The van der Waals surface area contributed by atoms with Crippen molar-refractivity contribution in [2.45, 2.75) is 6.92 Å². The summed E-state index contributed by atoms with van der Waals surface area (Å²) in [7, 11) is 0. The van der Waals surface area contributed by atoms with Crippen LogP contribution in [0.3, 0.4) is 0 Å². The number of alkyl halides is 1. The molecule has 4 heteroatoms. The number of phenols is 1. The number of hydrogen-bond donors (Lipinski definition) is 2. The highest BCUT2D eigenvalue weighted by atomic mass is 127. The number of carbonyl (C=O) groups is 1. The van der Waals surface area contributed by atoms with Gasteiger partial charge in [0.05, 0.1) is 0 Å². The monoisotopic (exact) mass is 305 g/mol. The van der Waals surface area contributed by atoms with E-state index in [2.05, 4.69) is 27.9 Å². The Bertz CT molecular complexity index is 339. The number of aryl methyl sites for hydroxylation is 1. The quantitative estimate of drug-likeness (QED) is 0.661. The fraction of sp³-hybridized carbons (Fsp3) is 0.300. The topological polar surface area (TPSA) is 49.3 Å². The predicted octanol–water partition coefficient (Wildman–Crippen LogP) is 1.87. The second-order valence-electron chi connectivity index (χ2n) is 2.94. The SMILES string of the molecule is Cc1ccc(O)cc1C(=O)NCCI. The van der Waals surface area contributed by atoms with Crippen LogP contribution in [0.25, 0.3) is 0 Å². The molecular formula is C10H12INO2. The number of hydrogen-bond acceptors (Lipinski definition) is 2. The molecule has 14 heavy (non-hydrogen) atoms. The zero-order chi connectivity index (χ0) is 10.6. The third-order valence-electron chi connectivity index (χ3n) is 1.85. The number of halogens is 1. The molecule has 0 heterocycles. The fourth-order valence-corrected chi connectivity index (χ4v) is 1.38. The van der Waals surface area contributed by atoms with E-state index in [1.54, 1.807) is 12.1 Å². The Morgan fingerprint density at radius 3 is 2.93 bits per heavy atom. The number of rotatable bonds is 3. The lowest BCUT2D eigenvalue weighted by Crippen LogP contribution is -2.25. The summed E-state index contributed by atoms with van der Waals surface area (Å²) in [5.74, 6) is -0.00899.